The Bertz CT molecular complexity index is 992. The van der Waals surface area contributed by atoms with Crippen molar-refractivity contribution in [3.8, 4) is 11.5 Å². The molecule has 5 nitrogen and oxygen atoms in total. The van der Waals surface area contributed by atoms with Crippen LogP contribution < -0.4 is 4.74 Å². The smallest absolute Gasteiger partial charge is 0.293 e. The number of amides is 2. The van der Waals surface area contributed by atoms with Crippen molar-refractivity contribution in [2.75, 3.05) is 13.2 Å². The Kier molecular flexibility index (Phi) is 6.37. The second-order valence-corrected chi connectivity index (χ2v) is 8.56. The van der Waals surface area contributed by atoms with E-state index < -0.39 is 5.91 Å². The maximum Gasteiger partial charge on any atom is 0.293 e. The van der Waals surface area contributed by atoms with Crippen LogP contribution in [0.5, 0.6) is 11.5 Å². The van der Waals surface area contributed by atoms with Crippen LogP contribution in [-0.4, -0.2) is 34.3 Å². The molecule has 2 aromatic carbocycles. The van der Waals surface area contributed by atoms with Gasteiger partial charge in [0.2, 0.25) is 0 Å². The predicted octanol–water partition coefficient (Wildman–Crippen LogP) is 5.54. The first-order chi connectivity index (χ1) is 13.3. The number of phenolic OH excluding ortho intramolecular Hbond substituents is 1. The molecule has 0 atom stereocenters. The Morgan fingerprint density at radius 2 is 2.00 bits per heavy atom. The van der Waals surface area contributed by atoms with E-state index in [1.807, 2.05) is 32.0 Å². The van der Waals surface area contributed by atoms with Crippen molar-refractivity contribution in [2.24, 2.45) is 0 Å². The molecule has 1 fully saturated rings. The van der Waals surface area contributed by atoms with E-state index in [0.29, 0.717) is 15.1 Å². The molecule has 1 aliphatic rings. The Morgan fingerprint density at radius 1 is 1.25 bits per heavy atom. The first kappa shape index (κ1) is 20.8. The van der Waals surface area contributed by atoms with Crippen LogP contribution in [0.1, 0.15) is 16.7 Å². The van der Waals surface area contributed by atoms with E-state index in [4.69, 9.17) is 16.3 Å². The topological polar surface area (TPSA) is 66.8 Å². The molecule has 0 aromatic heterocycles. The molecule has 1 aliphatic heterocycles. The summed E-state index contributed by atoms with van der Waals surface area (Å²) in [6.45, 7) is 4.24. The molecule has 2 amide bonds. The Labute approximate surface area is 180 Å². The summed E-state index contributed by atoms with van der Waals surface area (Å²) in [5, 5.41) is 10.2. The van der Waals surface area contributed by atoms with E-state index in [9.17, 15) is 14.7 Å². The van der Waals surface area contributed by atoms with Gasteiger partial charge >= 0.3 is 0 Å². The van der Waals surface area contributed by atoms with Gasteiger partial charge in [-0.25, -0.2) is 0 Å². The molecule has 3 rings (SSSR count). The van der Waals surface area contributed by atoms with Crippen molar-refractivity contribution in [2.45, 2.75) is 13.8 Å². The van der Waals surface area contributed by atoms with E-state index in [0.717, 1.165) is 33.5 Å². The van der Waals surface area contributed by atoms with Crippen LogP contribution in [0.15, 0.2) is 39.7 Å². The van der Waals surface area contributed by atoms with Crippen LogP contribution in [0.4, 0.5) is 4.79 Å². The minimum Gasteiger partial charge on any atom is -0.506 e. The zero-order valence-corrected chi connectivity index (χ0v) is 18.3. The number of phenols is 1. The molecule has 1 saturated heterocycles. The maximum absolute atomic E-state index is 12.6. The fourth-order valence-electron chi connectivity index (χ4n) is 2.64. The van der Waals surface area contributed by atoms with Crippen molar-refractivity contribution in [3.63, 3.8) is 0 Å². The Morgan fingerprint density at radius 3 is 2.75 bits per heavy atom. The SMILES string of the molecule is Cc1ccc(C)c(OCCN2C(=O)S/C(=C\c3cc(Cl)cc(Br)c3O)C2=O)c1. The van der Waals surface area contributed by atoms with Crippen molar-refractivity contribution in [1.82, 2.24) is 4.90 Å². The molecule has 2 aromatic rings. The standard InChI is InChI=1S/C20H17BrClNO4S/c1-11-3-4-12(2)16(7-11)27-6-5-23-19(25)17(28-20(23)26)9-13-8-14(22)10-15(21)18(13)24/h3-4,7-10,24H,5-6H2,1-2H3/b17-9-. The molecule has 1 N–H and O–H groups in total. The minimum absolute atomic E-state index is 0.0468. The minimum atomic E-state index is -0.421. The lowest BCUT2D eigenvalue weighted by Crippen LogP contribution is -2.32. The van der Waals surface area contributed by atoms with Crippen LogP contribution in [0.3, 0.4) is 0 Å². The monoisotopic (exact) mass is 481 g/mol. The van der Waals surface area contributed by atoms with Gasteiger partial charge in [-0.1, -0.05) is 23.7 Å². The summed E-state index contributed by atoms with van der Waals surface area (Å²) in [6.07, 6.45) is 1.46. The summed E-state index contributed by atoms with van der Waals surface area (Å²) < 4.78 is 6.15. The number of nitrogens with zero attached hydrogens (tertiary/aromatic N) is 1. The highest BCUT2D eigenvalue weighted by Gasteiger charge is 2.35. The van der Waals surface area contributed by atoms with Gasteiger partial charge < -0.3 is 9.84 Å². The zero-order valence-electron chi connectivity index (χ0n) is 15.2. The first-order valence-corrected chi connectivity index (χ1v) is 10.4. The van der Waals surface area contributed by atoms with Crippen LogP contribution in [0.25, 0.3) is 6.08 Å². The molecule has 0 unspecified atom stereocenters. The Balaban J connectivity index is 1.71. The van der Waals surface area contributed by atoms with Crippen LogP contribution >= 0.6 is 39.3 Å². The third-order valence-corrected chi connectivity index (χ3v) is 5.86. The van der Waals surface area contributed by atoms with Crippen LogP contribution in [0, 0.1) is 13.8 Å². The highest BCUT2D eigenvalue weighted by atomic mass is 79.9. The third-order valence-electron chi connectivity index (χ3n) is 4.13. The fraction of sp³-hybridized carbons (Fsp3) is 0.200. The molecular weight excluding hydrogens is 466 g/mol. The number of hydrogen-bond acceptors (Lipinski definition) is 5. The summed E-state index contributed by atoms with van der Waals surface area (Å²) in [4.78, 5) is 26.2. The van der Waals surface area contributed by atoms with Crippen molar-refractivity contribution in [3.05, 3.63) is 61.4 Å². The molecular formula is C20H17BrClNO4S. The first-order valence-electron chi connectivity index (χ1n) is 8.39. The predicted molar refractivity (Wildman–Crippen MR) is 115 cm³/mol. The number of thioether (sulfide) groups is 1. The van der Waals surface area contributed by atoms with Gasteiger partial charge in [-0.2, -0.15) is 0 Å². The lowest BCUT2D eigenvalue weighted by molar-refractivity contribution is -0.123. The fourth-order valence-corrected chi connectivity index (χ4v) is 4.33. The van der Waals surface area contributed by atoms with Gasteiger partial charge in [0.15, 0.2) is 0 Å². The second-order valence-electron chi connectivity index (χ2n) is 6.28. The number of carbonyl (C=O) groups is 2. The maximum atomic E-state index is 12.6. The van der Waals surface area contributed by atoms with Gasteiger partial charge in [-0.15, -0.1) is 0 Å². The molecule has 0 bridgehead atoms. The van der Waals surface area contributed by atoms with Gasteiger partial charge in [0.05, 0.1) is 15.9 Å². The lowest BCUT2D eigenvalue weighted by atomic mass is 10.1. The molecule has 0 aliphatic carbocycles. The third kappa shape index (κ3) is 4.54. The number of halogens is 2. The summed E-state index contributed by atoms with van der Waals surface area (Å²) in [6, 6.07) is 8.95. The van der Waals surface area contributed by atoms with E-state index in [1.165, 1.54) is 12.1 Å². The van der Waals surface area contributed by atoms with E-state index in [-0.39, 0.29) is 29.0 Å². The highest BCUT2D eigenvalue weighted by Crippen LogP contribution is 2.37. The van der Waals surface area contributed by atoms with E-state index in [1.54, 1.807) is 6.07 Å². The number of hydrogen-bond donors (Lipinski definition) is 1. The van der Waals surface area contributed by atoms with E-state index >= 15 is 0 Å². The molecule has 1 heterocycles. The second kappa shape index (κ2) is 8.59. The largest absolute Gasteiger partial charge is 0.506 e. The number of rotatable bonds is 5. The zero-order chi connectivity index (χ0) is 20.4. The molecule has 28 heavy (non-hydrogen) atoms. The number of benzene rings is 2. The summed E-state index contributed by atoms with van der Waals surface area (Å²) in [5.41, 5.74) is 2.42. The number of aromatic hydroxyl groups is 1. The van der Waals surface area contributed by atoms with Gasteiger partial charge in [0.25, 0.3) is 11.1 Å². The van der Waals surface area contributed by atoms with Crippen molar-refractivity contribution in [1.29, 1.82) is 0 Å². The van der Waals surface area contributed by atoms with Crippen LogP contribution in [0.2, 0.25) is 5.02 Å². The van der Waals surface area contributed by atoms with Gasteiger partial charge in [-0.05, 0) is 76.9 Å². The molecule has 146 valence electrons. The summed E-state index contributed by atoms with van der Waals surface area (Å²) in [7, 11) is 0. The number of imide groups is 1. The normalized spacial score (nSPS) is 15.6. The number of carbonyl (C=O) groups excluding carboxylic acids is 2. The lowest BCUT2D eigenvalue weighted by Gasteiger charge is -2.14. The van der Waals surface area contributed by atoms with Gasteiger partial charge in [0.1, 0.15) is 18.1 Å². The summed E-state index contributed by atoms with van der Waals surface area (Å²) >= 11 is 10.0. The average Bonchev–Trinajstić information content (AvgIpc) is 2.89. The highest BCUT2D eigenvalue weighted by molar-refractivity contribution is 9.10. The Hall–Kier alpha value is -1.96. The molecule has 0 radical (unpaired) electrons. The van der Waals surface area contributed by atoms with Crippen molar-refractivity contribution >= 4 is 56.5 Å². The summed E-state index contributed by atoms with van der Waals surface area (Å²) in [5.74, 6) is 0.265. The molecule has 0 spiro atoms. The van der Waals surface area contributed by atoms with Crippen LogP contribution in [-0.2, 0) is 4.79 Å². The quantitative estimate of drug-likeness (QED) is 0.567. The number of aryl methyl sites for hydroxylation is 2. The average molecular weight is 483 g/mol. The van der Waals surface area contributed by atoms with E-state index in [2.05, 4.69) is 15.9 Å². The number of ether oxygens (including phenoxy) is 1. The molecule has 8 heteroatoms. The van der Waals surface area contributed by atoms with Crippen molar-refractivity contribution < 1.29 is 19.4 Å². The molecule has 0 saturated carbocycles. The van der Waals surface area contributed by atoms with Gasteiger partial charge in [0, 0.05) is 10.6 Å². The van der Waals surface area contributed by atoms with Gasteiger partial charge in [-0.3, -0.25) is 14.5 Å².